The van der Waals surface area contributed by atoms with Crippen LogP contribution in [0.1, 0.15) is 11.6 Å². The summed E-state index contributed by atoms with van der Waals surface area (Å²) in [7, 11) is 1.06. The molecule has 0 bridgehead atoms. The van der Waals surface area contributed by atoms with Gasteiger partial charge in [-0.2, -0.15) is 13.2 Å². The van der Waals surface area contributed by atoms with Crippen molar-refractivity contribution in [1.29, 1.82) is 0 Å². The molecule has 0 unspecified atom stereocenters. The lowest BCUT2D eigenvalue weighted by Crippen LogP contribution is -2.38. The Bertz CT molecular complexity index is 526. The summed E-state index contributed by atoms with van der Waals surface area (Å²) in [5, 5.41) is 29.4. The van der Waals surface area contributed by atoms with Crippen LogP contribution >= 0.6 is 12.4 Å². The van der Waals surface area contributed by atoms with Crippen LogP contribution in [0.15, 0.2) is 12.1 Å². The SMILES string of the molecule is COc1cc([N+](=O)[O-])cc([C@@H](N)[C@@H](O)C(F)(F)F)c1O.Cl. The minimum Gasteiger partial charge on any atom is -0.504 e. The summed E-state index contributed by atoms with van der Waals surface area (Å²) < 4.78 is 41.8. The number of methoxy groups -OCH3 is 1. The van der Waals surface area contributed by atoms with Crippen LogP contribution in [-0.2, 0) is 0 Å². The van der Waals surface area contributed by atoms with Crippen molar-refractivity contribution in [3.05, 3.63) is 27.8 Å². The summed E-state index contributed by atoms with van der Waals surface area (Å²) in [4.78, 5) is 9.77. The minimum absolute atomic E-state index is 0. The molecular weight excluding hydrogens is 321 g/mol. The number of nitro benzene ring substituents is 1. The molecule has 0 aliphatic heterocycles. The second kappa shape index (κ2) is 6.78. The van der Waals surface area contributed by atoms with Gasteiger partial charge in [0.2, 0.25) is 0 Å². The van der Waals surface area contributed by atoms with Crippen molar-refractivity contribution < 1.29 is 33.0 Å². The van der Waals surface area contributed by atoms with Crippen molar-refractivity contribution in [1.82, 2.24) is 0 Å². The Kier molecular flexibility index (Phi) is 6.21. The number of ether oxygens (including phenoxy) is 1. The first-order valence-electron chi connectivity index (χ1n) is 5.15. The molecule has 0 aliphatic rings. The first-order chi connectivity index (χ1) is 9.09. The van der Waals surface area contributed by atoms with Crippen LogP contribution in [0, 0.1) is 10.1 Å². The number of nitrogens with two attached hydrogens (primary N) is 1. The molecule has 0 spiro atoms. The third kappa shape index (κ3) is 4.09. The fourth-order valence-corrected chi connectivity index (χ4v) is 1.50. The van der Waals surface area contributed by atoms with Gasteiger partial charge in [0.05, 0.1) is 24.1 Å². The highest BCUT2D eigenvalue weighted by Gasteiger charge is 2.44. The molecule has 0 fully saturated rings. The van der Waals surface area contributed by atoms with Gasteiger partial charge in [-0.25, -0.2) is 0 Å². The van der Waals surface area contributed by atoms with E-state index in [0.717, 1.165) is 13.2 Å². The zero-order valence-corrected chi connectivity index (χ0v) is 11.3. The van der Waals surface area contributed by atoms with Gasteiger partial charge in [-0.1, -0.05) is 0 Å². The van der Waals surface area contributed by atoms with Crippen LogP contribution in [0.25, 0.3) is 0 Å². The van der Waals surface area contributed by atoms with E-state index in [-0.39, 0.29) is 12.4 Å². The Morgan fingerprint density at radius 2 is 1.95 bits per heavy atom. The second-order valence-electron chi connectivity index (χ2n) is 3.86. The van der Waals surface area contributed by atoms with Gasteiger partial charge < -0.3 is 20.7 Å². The number of non-ortho nitro benzene ring substituents is 1. The number of benzene rings is 1. The number of alkyl halides is 3. The lowest BCUT2D eigenvalue weighted by Gasteiger charge is -2.22. The summed E-state index contributed by atoms with van der Waals surface area (Å²) in [5.74, 6) is -1.21. The van der Waals surface area contributed by atoms with E-state index in [4.69, 9.17) is 10.8 Å². The van der Waals surface area contributed by atoms with Gasteiger partial charge >= 0.3 is 6.18 Å². The smallest absolute Gasteiger partial charge is 0.416 e. The van der Waals surface area contributed by atoms with E-state index in [0.29, 0.717) is 6.07 Å². The third-order valence-electron chi connectivity index (χ3n) is 2.55. The maximum Gasteiger partial charge on any atom is 0.416 e. The summed E-state index contributed by atoms with van der Waals surface area (Å²) >= 11 is 0. The molecule has 0 saturated carbocycles. The standard InChI is InChI=1S/C10H11F3N2O5.ClH/c1-20-6-3-4(15(18)19)2-5(8(6)16)7(14)9(17)10(11,12)13;/h2-3,7,9,16-17H,14H2,1H3;1H/t7-,9-;/m1./s1. The van der Waals surface area contributed by atoms with Crippen LogP contribution in [0.2, 0.25) is 0 Å². The number of hydrogen-bond acceptors (Lipinski definition) is 6. The number of aromatic hydroxyl groups is 1. The molecule has 0 heterocycles. The van der Waals surface area contributed by atoms with Crippen LogP contribution in [0.3, 0.4) is 0 Å². The maximum absolute atomic E-state index is 12.4. The van der Waals surface area contributed by atoms with Crippen molar-refractivity contribution in [3.8, 4) is 11.5 Å². The Morgan fingerprint density at radius 1 is 1.43 bits per heavy atom. The van der Waals surface area contributed by atoms with Crippen molar-refractivity contribution in [3.63, 3.8) is 0 Å². The predicted molar refractivity (Wildman–Crippen MR) is 67.6 cm³/mol. The molecule has 4 N–H and O–H groups in total. The van der Waals surface area contributed by atoms with Crippen LogP contribution in [0.4, 0.5) is 18.9 Å². The van der Waals surface area contributed by atoms with E-state index in [9.17, 15) is 28.4 Å². The zero-order valence-electron chi connectivity index (χ0n) is 10.5. The average Bonchev–Trinajstić information content (AvgIpc) is 2.35. The second-order valence-corrected chi connectivity index (χ2v) is 3.86. The molecule has 7 nitrogen and oxygen atoms in total. The normalized spacial score (nSPS) is 14.0. The number of nitro groups is 1. The summed E-state index contributed by atoms with van der Waals surface area (Å²) in [6.07, 6.45) is -8.02. The number of phenolic OH excluding ortho intramolecular Hbond substituents is 1. The number of aliphatic hydroxyl groups excluding tert-OH is 1. The highest BCUT2D eigenvalue weighted by Crippen LogP contribution is 2.40. The molecule has 1 aromatic rings. The minimum atomic E-state index is -5.04. The monoisotopic (exact) mass is 332 g/mol. The van der Waals surface area contributed by atoms with Crippen LogP contribution in [-0.4, -0.2) is 34.5 Å². The number of aliphatic hydroxyl groups is 1. The lowest BCUT2D eigenvalue weighted by molar-refractivity contribution is -0.385. The van der Waals surface area contributed by atoms with Gasteiger partial charge in [0, 0.05) is 11.6 Å². The molecule has 1 aromatic carbocycles. The number of hydrogen-bond donors (Lipinski definition) is 3. The maximum atomic E-state index is 12.4. The van der Waals surface area contributed by atoms with Gasteiger partial charge in [0.1, 0.15) is 0 Å². The summed E-state index contributed by atoms with van der Waals surface area (Å²) in [6.45, 7) is 0. The molecule has 11 heteroatoms. The fourth-order valence-electron chi connectivity index (χ4n) is 1.50. The molecule has 21 heavy (non-hydrogen) atoms. The number of nitrogens with zero attached hydrogens (tertiary/aromatic N) is 1. The number of phenols is 1. The molecule has 1 rings (SSSR count). The Labute approximate surface area is 122 Å². The van der Waals surface area contributed by atoms with E-state index in [1.165, 1.54) is 0 Å². The Balaban J connectivity index is 0.00000400. The zero-order chi connectivity index (χ0) is 15.7. The third-order valence-corrected chi connectivity index (χ3v) is 2.55. The molecule has 120 valence electrons. The van der Waals surface area contributed by atoms with E-state index in [1.807, 2.05) is 0 Å². The first kappa shape index (κ1) is 19.2. The summed E-state index contributed by atoms with van der Waals surface area (Å²) in [6, 6.07) is -0.619. The number of halogens is 4. The topological polar surface area (TPSA) is 119 Å². The number of rotatable bonds is 4. The molecule has 0 aromatic heterocycles. The summed E-state index contributed by atoms with van der Waals surface area (Å²) in [5.41, 5.74) is 3.95. The van der Waals surface area contributed by atoms with Crippen LogP contribution < -0.4 is 10.5 Å². The first-order valence-corrected chi connectivity index (χ1v) is 5.15. The highest BCUT2D eigenvalue weighted by atomic mass is 35.5. The van der Waals surface area contributed by atoms with E-state index < -0.39 is 46.0 Å². The van der Waals surface area contributed by atoms with Crippen molar-refractivity contribution in [2.75, 3.05) is 7.11 Å². The van der Waals surface area contributed by atoms with Crippen LogP contribution in [0.5, 0.6) is 11.5 Å². The Hall–Kier alpha value is -1.78. The van der Waals surface area contributed by atoms with Gasteiger partial charge in [0.15, 0.2) is 17.6 Å². The molecule has 0 aliphatic carbocycles. The quantitative estimate of drug-likeness (QED) is 0.570. The van der Waals surface area contributed by atoms with E-state index in [2.05, 4.69) is 4.74 Å². The van der Waals surface area contributed by atoms with Crippen molar-refractivity contribution >= 4 is 18.1 Å². The van der Waals surface area contributed by atoms with E-state index in [1.54, 1.807) is 0 Å². The van der Waals surface area contributed by atoms with Gasteiger partial charge in [-0.05, 0) is 0 Å². The molecule has 2 atom stereocenters. The Morgan fingerprint density at radius 3 is 2.33 bits per heavy atom. The fraction of sp³-hybridized carbons (Fsp3) is 0.400. The van der Waals surface area contributed by atoms with Gasteiger partial charge in [-0.15, -0.1) is 12.4 Å². The van der Waals surface area contributed by atoms with Gasteiger partial charge in [0.25, 0.3) is 5.69 Å². The van der Waals surface area contributed by atoms with E-state index >= 15 is 0 Å². The van der Waals surface area contributed by atoms with Crippen molar-refractivity contribution in [2.45, 2.75) is 18.3 Å². The largest absolute Gasteiger partial charge is 0.504 e. The highest BCUT2D eigenvalue weighted by molar-refractivity contribution is 5.85. The van der Waals surface area contributed by atoms with Crippen molar-refractivity contribution in [2.24, 2.45) is 5.73 Å². The molecule has 0 amide bonds. The van der Waals surface area contributed by atoms with Gasteiger partial charge in [-0.3, -0.25) is 10.1 Å². The molecule has 0 radical (unpaired) electrons. The lowest BCUT2D eigenvalue weighted by atomic mass is 9.99. The average molecular weight is 333 g/mol. The molecular formula is C10H12ClF3N2O5. The molecule has 0 saturated heterocycles. The predicted octanol–water partition coefficient (Wildman–Crippen LogP) is 1.65.